The standard InChI is InChI=1S/C17H27N3O5S2/c1-12(18-16(22)25-17(2,3)4)15(21)20-9-7-13(8-10-20)19-27(23,24)14-6-5-11-26-14/h5-6,11-13,19H,7-10H2,1-4H3,(H,18,22)/t12-/m1/s1. The lowest BCUT2D eigenvalue weighted by atomic mass is 10.1. The Hall–Kier alpha value is -1.65. The summed E-state index contributed by atoms with van der Waals surface area (Å²) < 4.78 is 32.7. The van der Waals surface area contributed by atoms with Gasteiger partial charge in [-0.25, -0.2) is 17.9 Å². The van der Waals surface area contributed by atoms with Crippen molar-refractivity contribution in [3.63, 3.8) is 0 Å². The number of amides is 2. The summed E-state index contributed by atoms with van der Waals surface area (Å²) in [7, 11) is -3.51. The fraction of sp³-hybridized carbons (Fsp3) is 0.647. The van der Waals surface area contributed by atoms with E-state index in [0.717, 1.165) is 0 Å². The van der Waals surface area contributed by atoms with Crippen LogP contribution in [-0.4, -0.2) is 56.1 Å². The monoisotopic (exact) mass is 417 g/mol. The minimum Gasteiger partial charge on any atom is -0.444 e. The highest BCUT2D eigenvalue weighted by atomic mass is 32.2. The molecule has 1 aromatic rings. The zero-order valence-corrected chi connectivity index (χ0v) is 17.7. The van der Waals surface area contributed by atoms with Gasteiger partial charge in [0.1, 0.15) is 15.9 Å². The predicted molar refractivity (Wildman–Crippen MR) is 103 cm³/mol. The molecule has 2 N–H and O–H groups in total. The first-order valence-electron chi connectivity index (χ1n) is 8.82. The molecule has 2 rings (SSSR count). The Morgan fingerprint density at radius 3 is 2.44 bits per heavy atom. The van der Waals surface area contributed by atoms with Gasteiger partial charge in [-0.2, -0.15) is 0 Å². The number of nitrogens with one attached hydrogen (secondary N) is 2. The average Bonchev–Trinajstić information content (AvgIpc) is 3.08. The normalized spacial score (nSPS) is 17.4. The number of sulfonamides is 1. The molecule has 1 fully saturated rings. The third kappa shape index (κ3) is 6.47. The number of thiophene rings is 1. The van der Waals surface area contributed by atoms with Gasteiger partial charge in [-0.1, -0.05) is 6.07 Å². The van der Waals surface area contributed by atoms with E-state index in [0.29, 0.717) is 25.9 Å². The molecule has 1 atom stereocenters. The molecule has 27 heavy (non-hydrogen) atoms. The van der Waals surface area contributed by atoms with Crippen LogP contribution in [0.5, 0.6) is 0 Å². The number of alkyl carbamates (subject to hydrolysis) is 1. The minimum absolute atomic E-state index is 0.208. The van der Waals surface area contributed by atoms with Crippen LogP contribution in [0.2, 0.25) is 0 Å². The number of carbonyl (C=O) groups excluding carboxylic acids is 2. The summed E-state index contributed by atoms with van der Waals surface area (Å²) in [5.41, 5.74) is -0.634. The van der Waals surface area contributed by atoms with Crippen molar-refractivity contribution < 1.29 is 22.7 Å². The highest BCUT2D eigenvalue weighted by Crippen LogP contribution is 2.19. The summed E-state index contributed by atoms with van der Waals surface area (Å²) in [6.45, 7) is 7.72. The molecular formula is C17H27N3O5S2. The molecule has 0 radical (unpaired) electrons. The second-order valence-electron chi connectivity index (χ2n) is 7.52. The van der Waals surface area contributed by atoms with Crippen molar-refractivity contribution in [2.24, 2.45) is 0 Å². The first-order chi connectivity index (χ1) is 12.5. The van der Waals surface area contributed by atoms with Crippen molar-refractivity contribution in [2.75, 3.05) is 13.1 Å². The maximum absolute atomic E-state index is 12.5. The molecular weight excluding hydrogens is 390 g/mol. The third-order valence-electron chi connectivity index (χ3n) is 3.99. The van der Waals surface area contributed by atoms with Crippen LogP contribution < -0.4 is 10.0 Å². The van der Waals surface area contributed by atoms with E-state index in [2.05, 4.69) is 10.0 Å². The Kier molecular flexibility index (Phi) is 6.87. The first-order valence-corrected chi connectivity index (χ1v) is 11.2. The van der Waals surface area contributed by atoms with E-state index >= 15 is 0 Å². The molecule has 8 nitrogen and oxygen atoms in total. The van der Waals surface area contributed by atoms with E-state index in [1.807, 2.05) is 0 Å². The number of rotatable bonds is 5. The Labute approximate surface area is 164 Å². The summed E-state index contributed by atoms with van der Waals surface area (Å²) in [6, 6.07) is 2.34. The predicted octanol–water partition coefficient (Wildman–Crippen LogP) is 1.93. The van der Waals surface area contributed by atoms with Crippen molar-refractivity contribution in [1.29, 1.82) is 0 Å². The molecule has 10 heteroatoms. The molecule has 1 saturated heterocycles. The molecule has 2 amide bonds. The van der Waals surface area contributed by atoms with E-state index < -0.39 is 27.8 Å². The number of piperidine rings is 1. The fourth-order valence-corrected chi connectivity index (χ4v) is 5.05. The van der Waals surface area contributed by atoms with Crippen LogP contribution >= 0.6 is 11.3 Å². The summed E-state index contributed by atoms with van der Waals surface area (Å²) in [5.74, 6) is -0.208. The molecule has 0 aromatic carbocycles. The van der Waals surface area contributed by atoms with Crippen LogP contribution in [0.3, 0.4) is 0 Å². The topological polar surface area (TPSA) is 105 Å². The van der Waals surface area contributed by atoms with Gasteiger partial charge >= 0.3 is 6.09 Å². The van der Waals surface area contributed by atoms with Crippen LogP contribution in [0.15, 0.2) is 21.7 Å². The SMILES string of the molecule is C[C@@H](NC(=O)OC(C)(C)C)C(=O)N1CCC(NS(=O)(=O)c2cccs2)CC1. The Morgan fingerprint density at radius 1 is 1.30 bits per heavy atom. The second kappa shape index (κ2) is 8.57. The van der Waals surface area contributed by atoms with Gasteiger partial charge in [-0.15, -0.1) is 11.3 Å². The fourth-order valence-electron chi connectivity index (χ4n) is 2.73. The second-order valence-corrected chi connectivity index (χ2v) is 10.4. The zero-order valence-electron chi connectivity index (χ0n) is 16.0. The summed E-state index contributed by atoms with van der Waals surface area (Å²) in [5, 5.41) is 4.26. The Bertz CT molecular complexity index is 748. The zero-order chi connectivity index (χ0) is 20.2. The van der Waals surface area contributed by atoms with Crippen LogP contribution in [0.25, 0.3) is 0 Å². The molecule has 0 bridgehead atoms. The lowest BCUT2D eigenvalue weighted by Crippen LogP contribution is -2.52. The molecule has 2 heterocycles. The maximum atomic E-state index is 12.5. The van der Waals surface area contributed by atoms with E-state index in [-0.39, 0.29) is 16.2 Å². The molecule has 1 aliphatic rings. The summed E-state index contributed by atoms with van der Waals surface area (Å²) in [4.78, 5) is 25.9. The number of hydrogen-bond acceptors (Lipinski definition) is 6. The number of likely N-dealkylation sites (tertiary alicyclic amines) is 1. The average molecular weight is 418 g/mol. The number of nitrogens with zero attached hydrogens (tertiary/aromatic N) is 1. The smallest absolute Gasteiger partial charge is 0.408 e. The molecule has 0 saturated carbocycles. The van der Waals surface area contributed by atoms with Crippen molar-refractivity contribution in [2.45, 2.75) is 62.4 Å². The lowest BCUT2D eigenvalue weighted by molar-refractivity contribution is -0.134. The number of hydrogen-bond donors (Lipinski definition) is 2. The van der Waals surface area contributed by atoms with Gasteiger partial charge in [-0.05, 0) is 52.0 Å². The van der Waals surface area contributed by atoms with Gasteiger partial charge in [0.2, 0.25) is 15.9 Å². The van der Waals surface area contributed by atoms with E-state index in [4.69, 9.17) is 4.74 Å². The van der Waals surface area contributed by atoms with Gasteiger partial charge in [0, 0.05) is 19.1 Å². The highest BCUT2D eigenvalue weighted by Gasteiger charge is 2.30. The maximum Gasteiger partial charge on any atom is 0.408 e. The quantitative estimate of drug-likeness (QED) is 0.762. The summed E-state index contributed by atoms with van der Waals surface area (Å²) in [6.07, 6.45) is 0.410. The number of carbonyl (C=O) groups is 2. The largest absolute Gasteiger partial charge is 0.444 e. The van der Waals surface area contributed by atoms with Crippen LogP contribution in [0.4, 0.5) is 4.79 Å². The van der Waals surface area contributed by atoms with E-state index in [9.17, 15) is 18.0 Å². The van der Waals surface area contributed by atoms with Crippen LogP contribution in [0, 0.1) is 0 Å². The van der Waals surface area contributed by atoms with Gasteiger partial charge in [0.05, 0.1) is 0 Å². The minimum atomic E-state index is -3.51. The van der Waals surface area contributed by atoms with Crippen LogP contribution in [0.1, 0.15) is 40.5 Å². The number of ether oxygens (including phenoxy) is 1. The van der Waals surface area contributed by atoms with E-state index in [1.54, 1.807) is 50.1 Å². The van der Waals surface area contributed by atoms with Crippen molar-refractivity contribution in [1.82, 2.24) is 14.9 Å². The lowest BCUT2D eigenvalue weighted by Gasteiger charge is -2.34. The molecule has 0 spiro atoms. The highest BCUT2D eigenvalue weighted by molar-refractivity contribution is 7.91. The van der Waals surface area contributed by atoms with E-state index in [1.165, 1.54) is 11.3 Å². The first kappa shape index (κ1) is 21.6. The van der Waals surface area contributed by atoms with Crippen molar-refractivity contribution in [3.8, 4) is 0 Å². The van der Waals surface area contributed by atoms with Crippen molar-refractivity contribution in [3.05, 3.63) is 17.5 Å². The van der Waals surface area contributed by atoms with Crippen LogP contribution in [-0.2, 0) is 19.6 Å². The molecule has 1 aromatic heterocycles. The molecule has 152 valence electrons. The third-order valence-corrected chi connectivity index (χ3v) is 6.91. The van der Waals surface area contributed by atoms with Crippen molar-refractivity contribution >= 4 is 33.4 Å². The van der Waals surface area contributed by atoms with Gasteiger partial charge < -0.3 is 15.0 Å². The molecule has 1 aliphatic heterocycles. The Morgan fingerprint density at radius 2 is 1.93 bits per heavy atom. The van der Waals surface area contributed by atoms with Gasteiger partial charge in [0.15, 0.2) is 0 Å². The van der Waals surface area contributed by atoms with Gasteiger partial charge in [0.25, 0.3) is 0 Å². The van der Waals surface area contributed by atoms with Gasteiger partial charge in [-0.3, -0.25) is 4.79 Å². The Balaban J connectivity index is 1.82. The summed E-state index contributed by atoms with van der Waals surface area (Å²) >= 11 is 1.17. The molecule has 0 unspecified atom stereocenters. The molecule has 0 aliphatic carbocycles.